The quantitative estimate of drug-likeness (QED) is 0.705. The number of aromatic nitrogens is 4. The zero-order valence-electron chi connectivity index (χ0n) is 14.4. The van der Waals surface area contributed by atoms with Crippen LogP contribution in [0.2, 0.25) is 0 Å². The van der Waals surface area contributed by atoms with Crippen LogP contribution in [0.4, 0.5) is 5.82 Å². The molecule has 3 aliphatic rings. The van der Waals surface area contributed by atoms with Gasteiger partial charge in [0, 0.05) is 42.8 Å². The number of aryl methyl sites for hydroxylation is 1. The molecule has 3 fully saturated rings. The first-order valence-electron chi connectivity index (χ1n) is 8.76. The van der Waals surface area contributed by atoms with Crippen molar-refractivity contribution in [2.75, 3.05) is 18.0 Å². The highest BCUT2D eigenvalue weighted by molar-refractivity contribution is 5.98. The molecule has 0 saturated carbocycles. The molecule has 6 rings (SSSR count). The third kappa shape index (κ3) is 2.39. The molecule has 7 nitrogen and oxygen atoms in total. The largest absolute Gasteiger partial charge is 0.352 e. The Labute approximate surface area is 150 Å². The average Bonchev–Trinajstić information content (AvgIpc) is 2.67. The molecular weight excluding hydrogens is 328 g/mol. The summed E-state index contributed by atoms with van der Waals surface area (Å²) in [6.07, 6.45) is 5.97. The summed E-state index contributed by atoms with van der Waals surface area (Å²) in [6, 6.07) is 8.01. The lowest BCUT2D eigenvalue weighted by molar-refractivity contribution is 0.00577. The van der Waals surface area contributed by atoms with Gasteiger partial charge in [-0.05, 0) is 31.5 Å². The van der Waals surface area contributed by atoms with Crippen LogP contribution >= 0.6 is 0 Å². The number of rotatable bonds is 2. The number of fused-ring (bicyclic) bond motifs is 3. The number of piperidine rings is 1. The van der Waals surface area contributed by atoms with Crippen molar-refractivity contribution in [3.8, 4) is 0 Å². The van der Waals surface area contributed by atoms with Crippen molar-refractivity contribution in [2.24, 2.45) is 0 Å². The lowest BCUT2D eigenvalue weighted by Crippen LogP contribution is -2.70. The summed E-state index contributed by atoms with van der Waals surface area (Å²) in [5.41, 5.74) is 3.19. The molecule has 0 N–H and O–H groups in total. The molecule has 26 heavy (non-hydrogen) atoms. The Morgan fingerprint density at radius 3 is 2.54 bits per heavy atom. The maximum absolute atomic E-state index is 13.0. The molecule has 3 aromatic rings. The minimum Gasteiger partial charge on any atom is -0.352 e. The number of carbonyl (C=O) groups excluding carboxylic acids is 1. The van der Waals surface area contributed by atoms with Crippen molar-refractivity contribution >= 4 is 22.8 Å². The Hall–Kier alpha value is -3.09. The van der Waals surface area contributed by atoms with Crippen LogP contribution in [0, 0.1) is 6.92 Å². The number of nitrogens with zero attached hydrogens (tertiary/aromatic N) is 6. The SMILES string of the molecule is Cc1cc(N2CC3CC(C2)N3C(=O)c2ccc3nccnc3c2)ncn1. The van der Waals surface area contributed by atoms with Crippen LogP contribution in [-0.4, -0.2) is 55.9 Å². The minimum atomic E-state index is 0.0809. The fourth-order valence-corrected chi connectivity index (χ4v) is 3.99. The molecule has 2 unspecified atom stereocenters. The molecule has 0 aliphatic carbocycles. The van der Waals surface area contributed by atoms with Crippen LogP contribution < -0.4 is 4.90 Å². The summed E-state index contributed by atoms with van der Waals surface area (Å²) in [7, 11) is 0. The number of piperazine rings is 1. The van der Waals surface area contributed by atoms with Gasteiger partial charge < -0.3 is 9.80 Å². The Bertz CT molecular complexity index is 994. The van der Waals surface area contributed by atoms with Crippen LogP contribution in [0.5, 0.6) is 0 Å². The summed E-state index contributed by atoms with van der Waals surface area (Å²) in [5.74, 6) is 1.03. The second kappa shape index (κ2) is 5.72. The number of hydrogen-bond donors (Lipinski definition) is 0. The van der Waals surface area contributed by atoms with Gasteiger partial charge >= 0.3 is 0 Å². The van der Waals surface area contributed by atoms with E-state index in [1.807, 2.05) is 36.1 Å². The summed E-state index contributed by atoms with van der Waals surface area (Å²) >= 11 is 0. The zero-order valence-corrected chi connectivity index (χ0v) is 14.4. The molecule has 2 bridgehead atoms. The van der Waals surface area contributed by atoms with E-state index in [4.69, 9.17) is 0 Å². The van der Waals surface area contributed by atoms with Crippen LogP contribution in [0.15, 0.2) is 43.0 Å². The molecule has 1 aromatic carbocycles. The van der Waals surface area contributed by atoms with E-state index >= 15 is 0 Å². The van der Waals surface area contributed by atoms with Crippen molar-refractivity contribution in [1.82, 2.24) is 24.8 Å². The standard InChI is InChI=1S/C19H18N6O/c1-12-6-18(23-11-22-12)24-9-14-8-15(10-24)25(14)19(26)13-2-3-16-17(7-13)21-5-4-20-16/h2-7,11,14-15H,8-10H2,1H3. The Morgan fingerprint density at radius 1 is 1.00 bits per heavy atom. The van der Waals surface area contributed by atoms with E-state index in [1.165, 1.54) is 0 Å². The number of anilines is 1. The Kier molecular flexibility index (Phi) is 3.34. The molecular formula is C19H18N6O. The van der Waals surface area contributed by atoms with Gasteiger partial charge in [0.05, 0.1) is 23.1 Å². The second-order valence-electron chi connectivity index (χ2n) is 6.94. The highest BCUT2D eigenvalue weighted by Gasteiger charge is 2.47. The molecule has 3 saturated heterocycles. The van der Waals surface area contributed by atoms with Gasteiger partial charge in [0.2, 0.25) is 0 Å². The summed E-state index contributed by atoms with van der Waals surface area (Å²) in [6.45, 7) is 3.59. The number of amides is 1. The molecule has 2 aromatic heterocycles. The van der Waals surface area contributed by atoms with Crippen molar-refractivity contribution in [2.45, 2.75) is 25.4 Å². The van der Waals surface area contributed by atoms with Crippen LogP contribution in [0.1, 0.15) is 22.5 Å². The smallest absolute Gasteiger partial charge is 0.254 e. The van der Waals surface area contributed by atoms with Crippen LogP contribution in [0.25, 0.3) is 11.0 Å². The van der Waals surface area contributed by atoms with Crippen molar-refractivity contribution in [3.05, 3.63) is 54.2 Å². The highest BCUT2D eigenvalue weighted by Crippen LogP contribution is 2.35. The lowest BCUT2D eigenvalue weighted by atomic mass is 9.86. The van der Waals surface area contributed by atoms with Crippen molar-refractivity contribution < 1.29 is 4.79 Å². The number of benzene rings is 1. The topological polar surface area (TPSA) is 75.1 Å². The van der Waals surface area contributed by atoms with E-state index in [2.05, 4.69) is 24.8 Å². The molecule has 0 spiro atoms. The Morgan fingerprint density at radius 2 is 1.77 bits per heavy atom. The fourth-order valence-electron chi connectivity index (χ4n) is 3.99. The number of hydrogen-bond acceptors (Lipinski definition) is 6. The summed E-state index contributed by atoms with van der Waals surface area (Å²) in [5, 5.41) is 0. The van der Waals surface area contributed by atoms with Gasteiger partial charge in [-0.2, -0.15) is 0 Å². The van der Waals surface area contributed by atoms with Crippen molar-refractivity contribution in [3.63, 3.8) is 0 Å². The average molecular weight is 346 g/mol. The molecule has 7 heteroatoms. The maximum Gasteiger partial charge on any atom is 0.254 e. The Balaban J connectivity index is 1.36. The molecule has 130 valence electrons. The van der Waals surface area contributed by atoms with E-state index in [0.717, 1.165) is 42.1 Å². The third-order valence-corrected chi connectivity index (χ3v) is 5.26. The van der Waals surface area contributed by atoms with Crippen LogP contribution in [0.3, 0.4) is 0 Å². The van der Waals surface area contributed by atoms with E-state index in [0.29, 0.717) is 5.56 Å². The summed E-state index contributed by atoms with van der Waals surface area (Å²) < 4.78 is 0. The van der Waals surface area contributed by atoms with Gasteiger partial charge in [0.1, 0.15) is 12.1 Å². The first-order valence-corrected chi connectivity index (χ1v) is 8.76. The predicted octanol–water partition coefficient (Wildman–Crippen LogP) is 1.83. The first kappa shape index (κ1) is 15.2. The molecule has 1 amide bonds. The van der Waals surface area contributed by atoms with Gasteiger partial charge in [-0.3, -0.25) is 14.8 Å². The maximum atomic E-state index is 13.0. The highest BCUT2D eigenvalue weighted by atomic mass is 16.2. The predicted molar refractivity (Wildman–Crippen MR) is 96.9 cm³/mol. The normalized spacial score (nSPS) is 21.6. The zero-order chi connectivity index (χ0) is 17.7. The molecule has 5 heterocycles. The summed E-state index contributed by atoms with van der Waals surface area (Å²) in [4.78, 5) is 34.4. The third-order valence-electron chi connectivity index (χ3n) is 5.26. The van der Waals surface area contributed by atoms with E-state index in [-0.39, 0.29) is 18.0 Å². The minimum absolute atomic E-state index is 0.0809. The number of carbonyl (C=O) groups is 1. The van der Waals surface area contributed by atoms with Gasteiger partial charge in [0.15, 0.2) is 0 Å². The van der Waals surface area contributed by atoms with Gasteiger partial charge in [-0.15, -0.1) is 0 Å². The van der Waals surface area contributed by atoms with Crippen LogP contribution in [-0.2, 0) is 0 Å². The van der Waals surface area contributed by atoms with E-state index in [1.54, 1.807) is 18.7 Å². The second-order valence-corrected chi connectivity index (χ2v) is 6.94. The lowest BCUT2D eigenvalue weighted by Gasteiger charge is -2.56. The van der Waals surface area contributed by atoms with Gasteiger partial charge in [-0.1, -0.05) is 0 Å². The van der Waals surface area contributed by atoms with Gasteiger partial charge in [-0.25, -0.2) is 9.97 Å². The van der Waals surface area contributed by atoms with E-state index in [9.17, 15) is 4.79 Å². The molecule has 0 radical (unpaired) electrons. The monoisotopic (exact) mass is 346 g/mol. The van der Waals surface area contributed by atoms with E-state index < -0.39 is 0 Å². The molecule has 2 atom stereocenters. The van der Waals surface area contributed by atoms with Crippen molar-refractivity contribution in [1.29, 1.82) is 0 Å². The first-order chi connectivity index (χ1) is 12.7. The molecule has 3 aliphatic heterocycles. The fraction of sp³-hybridized carbons (Fsp3) is 0.316. The van der Waals surface area contributed by atoms with Gasteiger partial charge in [0.25, 0.3) is 5.91 Å².